The van der Waals surface area contributed by atoms with Crippen molar-refractivity contribution in [2.75, 3.05) is 16.9 Å². The molecule has 254 valence electrons. The number of nitrogens with zero attached hydrogens (tertiary/aromatic N) is 1. The summed E-state index contributed by atoms with van der Waals surface area (Å²) in [6.07, 6.45) is 5.36. The van der Waals surface area contributed by atoms with E-state index < -0.39 is 33.8 Å². The highest BCUT2D eigenvalue weighted by Crippen LogP contribution is 2.39. The van der Waals surface area contributed by atoms with E-state index in [1.807, 2.05) is 60.7 Å². The molecule has 1 aliphatic rings. The number of benzene rings is 3. The average Bonchev–Trinajstić information content (AvgIpc) is 3.02. The molecule has 1 heterocycles. The van der Waals surface area contributed by atoms with Gasteiger partial charge in [-0.1, -0.05) is 61.9 Å². The Morgan fingerprint density at radius 1 is 0.830 bits per heavy atom. The number of aryl methyl sites for hydroxylation is 3. The molecule has 0 radical (unpaired) electrons. The van der Waals surface area contributed by atoms with Crippen LogP contribution >= 0.6 is 0 Å². The van der Waals surface area contributed by atoms with Crippen LogP contribution in [0, 0.1) is 11.7 Å². The minimum atomic E-state index is -3.10. The number of carbonyl (C=O) groups is 3. The van der Waals surface area contributed by atoms with Gasteiger partial charge < -0.3 is 20.2 Å². The normalized spacial score (nSPS) is 15.0. The van der Waals surface area contributed by atoms with Crippen molar-refractivity contribution in [3.05, 3.63) is 101 Å². The molecule has 1 amide bonds. The Balaban J connectivity index is 0.000000511. The van der Waals surface area contributed by atoms with Gasteiger partial charge in [0.15, 0.2) is 5.92 Å². The molecule has 0 aromatic heterocycles. The number of β-lactam (4-membered cyclic amide) rings is 1. The Bertz CT molecular complexity index is 1560. The van der Waals surface area contributed by atoms with E-state index in [1.54, 1.807) is 4.90 Å². The van der Waals surface area contributed by atoms with Crippen LogP contribution in [0.4, 0.5) is 10.1 Å². The van der Waals surface area contributed by atoms with Gasteiger partial charge in [-0.2, -0.15) is 0 Å². The van der Waals surface area contributed by atoms with Crippen LogP contribution in [0.5, 0.6) is 0 Å². The molecule has 3 N–H and O–H groups in total. The van der Waals surface area contributed by atoms with Gasteiger partial charge in [0.1, 0.15) is 15.7 Å². The van der Waals surface area contributed by atoms with Crippen LogP contribution in [0.2, 0.25) is 0 Å². The Kier molecular flexibility index (Phi) is 14.1. The molecular weight excluding hydrogens is 625 g/mol. The second kappa shape index (κ2) is 17.7. The highest BCUT2D eigenvalue weighted by molar-refractivity contribution is 7.90. The van der Waals surface area contributed by atoms with Gasteiger partial charge in [-0.05, 0) is 91.5 Å². The first-order valence-corrected chi connectivity index (χ1v) is 17.9. The predicted octanol–water partition coefficient (Wildman–Crippen LogP) is 5.78. The summed E-state index contributed by atoms with van der Waals surface area (Å²) in [6.45, 7) is 2.11. The Labute approximate surface area is 276 Å². The first kappa shape index (κ1) is 37.4. The number of carboxylic acids is 2. The fourth-order valence-electron chi connectivity index (χ4n) is 5.37. The van der Waals surface area contributed by atoms with Crippen LogP contribution in [0.25, 0.3) is 0 Å². The third-order valence-electron chi connectivity index (χ3n) is 8.12. The zero-order chi connectivity index (χ0) is 34.6. The van der Waals surface area contributed by atoms with E-state index in [2.05, 4.69) is 6.92 Å². The quantitative estimate of drug-likeness (QED) is 0.128. The number of halogens is 1. The third kappa shape index (κ3) is 12.2. The highest BCUT2D eigenvalue weighted by atomic mass is 32.2. The van der Waals surface area contributed by atoms with Crippen LogP contribution < -0.4 is 4.90 Å². The molecule has 1 fully saturated rings. The lowest BCUT2D eigenvalue weighted by atomic mass is 9.91. The molecule has 0 saturated carbocycles. The van der Waals surface area contributed by atoms with Crippen LogP contribution in [0.1, 0.15) is 73.7 Å². The number of hydrogen-bond donors (Lipinski definition) is 3. The number of anilines is 1. The molecule has 1 aliphatic heterocycles. The van der Waals surface area contributed by atoms with Crippen molar-refractivity contribution in [2.24, 2.45) is 5.92 Å². The topological polar surface area (TPSA) is 149 Å². The van der Waals surface area contributed by atoms with Crippen LogP contribution in [-0.4, -0.2) is 59.7 Å². The Hall–Kier alpha value is -4.09. The standard InChI is InChI=1S/C27H33NO8S.C9H11F/c1-37(35,36)16-15-22(29)14-9-19-7-12-21(13-8-19)28-24(17-25(28)30)20-10-5-18(6-11-20)3-2-4-23(26(31)32)27(33)34;1-2-3-8-4-6-9(10)7-5-8/h5-8,10-13,22-24,29H,2-4,9,14-17H2,1H3,(H,31,32)(H,33,34);4-7H,2-3H2,1H3. The lowest BCUT2D eigenvalue weighted by molar-refractivity contribution is -0.154. The van der Waals surface area contributed by atoms with Crippen molar-refractivity contribution in [3.63, 3.8) is 0 Å². The number of rotatable bonds is 16. The number of aliphatic hydroxyl groups is 1. The van der Waals surface area contributed by atoms with E-state index in [9.17, 15) is 32.3 Å². The van der Waals surface area contributed by atoms with Crippen LogP contribution in [0.3, 0.4) is 0 Å². The zero-order valence-electron chi connectivity index (χ0n) is 26.8. The van der Waals surface area contributed by atoms with E-state index in [-0.39, 0.29) is 36.4 Å². The van der Waals surface area contributed by atoms with Crippen molar-refractivity contribution in [1.29, 1.82) is 0 Å². The molecule has 11 heteroatoms. The van der Waals surface area contributed by atoms with Gasteiger partial charge in [-0.15, -0.1) is 0 Å². The first-order valence-electron chi connectivity index (χ1n) is 15.8. The van der Waals surface area contributed by atoms with Gasteiger partial charge in [-0.3, -0.25) is 14.4 Å². The van der Waals surface area contributed by atoms with E-state index in [0.29, 0.717) is 32.1 Å². The summed E-state index contributed by atoms with van der Waals surface area (Å²) in [7, 11) is -3.10. The van der Waals surface area contributed by atoms with Gasteiger partial charge in [0.2, 0.25) is 5.91 Å². The van der Waals surface area contributed by atoms with E-state index in [1.165, 1.54) is 17.7 Å². The number of carbonyl (C=O) groups excluding carboxylic acids is 1. The summed E-state index contributed by atoms with van der Waals surface area (Å²) in [5.74, 6) is -4.22. The average molecular weight is 670 g/mol. The fourth-order valence-corrected chi connectivity index (χ4v) is 6.07. The number of carboxylic acid groups (broad SMARTS) is 2. The molecule has 0 bridgehead atoms. The Morgan fingerprint density at radius 2 is 1.36 bits per heavy atom. The largest absolute Gasteiger partial charge is 0.481 e. The van der Waals surface area contributed by atoms with Crippen molar-refractivity contribution in [1.82, 2.24) is 0 Å². The molecule has 4 rings (SSSR count). The highest BCUT2D eigenvalue weighted by Gasteiger charge is 2.38. The summed E-state index contributed by atoms with van der Waals surface area (Å²) in [5.41, 5.74) is 4.93. The minimum Gasteiger partial charge on any atom is -0.481 e. The van der Waals surface area contributed by atoms with Gasteiger partial charge >= 0.3 is 11.9 Å². The molecule has 0 spiro atoms. The summed E-state index contributed by atoms with van der Waals surface area (Å²) in [6, 6.07) is 21.9. The molecule has 3 aromatic rings. The summed E-state index contributed by atoms with van der Waals surface area (Å²) < 4.78 is 34.8. The predicted molar refractivity (Wildman–Crippen MR) is 178 cm³/mol. The van der Waals surface area contributed by atoms with Crippen molar-refractivity contribution in [3.8, 4) is 0 Å². The molecular formula is C36H44FNO8S. The van der Waals surface area contributed by atoms with Crippen molar-refractivity contribution < 1.29 is 42.5 Å². The Morgan fingerprint density at radius 3 is 1.89 bits per heavy atom. The molecule has 2 atom stereocenters. The maximum atomic E-state index is 12.4. The summed E-state index contributed by atoms with van der Waals surface area (Å²) in [4.78, 5) is 36.2. The molecule has 0 aliphatic carbocycles. The maximum Gasteiger partial charge on any atom is 0.317 e. The molecule has 47 heavy (non-hydrogen) atoms. The first-order chi connectivity index (χ1) is 22.3. The van der Waals surface area contributed by atoms with Crippen LogP contribution in [-0.2, 0) is 43.5 Å². The molecule has 1 saturated heterocycles. The second-order valence-electron chi connectivity index (χ2n) is 12.0. The lowest BCUT2D eigenvalue weighted by Crippen LogP contribution is -2.46. The SMILES string of the molecule is CCCc1ccc(F)cc1.CS(=O)(=O)CCC(O)CCc1ccc(N2C(=O)CC2c2ccc(CCCC(C(=O)O)C(=O)O)cc2)cc1. The summed E-state index contributed by atoms with van der Waals surface area (Å²) in [5, 5.41) is 28.0. The van der Waals surface area contributed by atoms with Gasteiger partial charge in [0.05, 0.1) is 24.3 Å². The fraction of sp³-hybridized carbons (Fsp3) is 0.417. The monoisotopic (exact) mass is 669 g/mol. The number of amides is 1. The third-order valence-corrected chi connectivity index (χ3v) is 9.10. The van der Waals surface area contributed by atoms with Gasteiger partial charge in [0, 0.05) is 11.9 Å². The smallest absolute Gasteiger partial charge is 0.317 e. The van der Waals surface area contributed by atoms with Gasteiger partial charge in [-0.25, -0.2) is 12.8 Å². The molecule has 3 aromatic carbocycles. The zero-order valence-corrected chi connectivity index (χ0v) is 27.7. The lowest BCUT2D eigenvalue weighted by Gasteiger charge is -2.41. The van der Waals surface area contributed by atoms with Crippen LogP contribution in [0.15, 0.2) is 72.8 Å². The number of aliphatic carboxylic acids is 2. The maximum absolute atomic E-state index is 12.4. The van der Waals surface area contributed by atoms with E-state index in [4.69, 9.17) is 10.2 Å². The number of hydrogen-bond acceptors (Lipinski definition) is 6. The second-order valence-corrected chi connectivity index (χ2v) is 14.3. The van der Waals surface area contributed by atoms with Crippen molar-refractivity contribution >= 4 is 33.4 Å². The molecule has 2 unspecified atom stereocenters. The van der Waals surface area contributed by atoms with E-state index >= 15 is 0 Å². The summed E-state index contributed by atoms with van der Waals surface area (Å²) >= 11 is 0. The van der Waals surface area contributed by atoms with E-state index in [0.717, 1.165) is 41.5 Å². The number of sulfone groups is 1. The van der Waals surface area contributed by atoms with Crippen molar-refractivity contribution in [2.45, 2.75) is 76.9 Å². The minimum absolute atomic E-state index is 0.0198. The number of aliphatic hydroxyl groups excluding tert-OH is 1. The van der Waals surface area contributed by atoms with Gasteiger partial charge in [0.25, 0.3) is 0 Å². The molecule has 9 nitrogen and oxygen atoms in total.